The maximum atomic E-state index is 14.3. The van der Waals surface area contributed by atoms with Gasteiger partial charge in [-0.25, -0.2) is 28.2 Å². The van der Waals surface area contributed by atoms with Crippen LogP contribution in [-0.4, -0.2) is 144 Å². The molecule has 4 aliphatic heterocycles. The Morgan fingerprint density at radius 3 is 1.60 bits per heavy atom. The van der Waals surface area contributed by atoms with E-state index in [0.29, 0.717) is 29.9 Å². The molecule has 0 spiro atoms. The highest BCUT2D eigenvalue weighted by Crippen LogP contribution is 2.50. The minimum absolute atomic E-state index is 0.0755. The number of nitrogens with two attached hydrogens (primary N) is 2. The summed E-state index contributed by atoms with van der Waals surface area (Å²) in [6.45, 7) is 9.54. The monoisotopic (exact) mass is 1270 g/mol. The molecule has 8 N–H and O–H groups in total. The van der Waals surface area contributed by atoms with Crippen molar-refractivity contribution in [3.63, 3.8) is 0 Å². The Labute approximate surface area is 498 Å². The largest absolute Gasteiger partial charge is 0.459 e. The summed E-state index contributed by atoms with van der Waals surface area (Å²) < 4.78 is 64.2. The first kappa shape index (κ1) is 64.0. The number of fused-ring (bicyclic) bond motifs is 1. The second-order valence-electron chi connectivity index (χ2n) is 19.1. The normalized spacial score (nSPS) is 22.2. The lowest BCUT2D eigenvalue weighted by Crippen LogP contribution is -2.36. The first-order valence-electron chi connectivity index (χ1n) is 25.9. The van der Waals surface area contributed by atoms with Gasteiger partial charge in [-0.3, -0.25) is 18.6 Å². The van der Waals surface area contributed by atoms with E-state index >= 15 is 0 Å². The Bertz CT molecular complexity index is 3590. The summed E-state index contributed by atoms with van der Waals surface area (Å²) in [6, 6.07) is 18.4. The Kier molecular flexibility index (Phi) is 20.8. The predicted molar refractivity (Wildman–Crippen MR) is 317 cm³/mol. The van der Waals surface area contributed by atoms with E-state index in [1.165, 1.54) is 85.7 Å². The zero-order chi connectivity index (χ0) is 62.0. The topological polar surface area (TPSA) is 418 Å². The summed E-state index contributed by atoms with van der Waals surface area (Å²) in [5, 5.41) is 48.7. The van der Waals surface area contributed by atoms with E-state index in [2.05, 4.69) is 53.3 Å². The van der Waals surface area contributed by atoms with Crippen molar-refractivity contribution in [3.8, 4) is 11.5 Å². The van der Waals surface area contributed by atoms with Crippen LogP contribution in [-0.2, 0) is 64.5 Å². The molecule has 458 valence electrons. The molecule has 0 saturated carbocycles. The highest BCUT2D eigenvalue weighted by atomic mass is 32.2. The van der Waals surface area contributed by atoms with E-state index in [0.717, 1.165) is 5.39 Å². The average molecular weight is 1270 g/mol. The number of ether oxygens (including phenoxy) is 2. The van der Waals surface area contributed by atoms with Crippen LogP contribution in [0.2, 0.25) is 0 Å². The van der Waals surface area contributed by atoms with Gasteiger partial charge in [0.15, 0.2) is 11.4 Å². The number of carbonyl (C=O) groups is 2. The number of rotatable bonds is 24. The van der Waals surface area contributed by atoms with Crippen molar-refractivity contribution >= 4 is 98.2 Å². The highest BCUT2D eigenvalue weighted by molar-refractivity contribution is 8.01. The minimum Gasteiger partial charge on any atom is -0.456 e. The van der Waals surface area contributed by atoms with Gasteiger partial charge in [0.1, 0.15) is 73.5 Å². The number of aromatic nitrogens is 4. The number of nitro groups is 2. The van der Waals surface area contributed by atoms with Crippen LogP contribution < -0.4 is 30.7 Å². The summed E-state index contributed by atoms with van der Waals surface area (Å²) >= 11 is 2.70. The molecule has 36 heteroatoms. The molecule has 2 saturated heterocycles. The quantitative estimate of drug-likeness (QED) is 0.0207. The maximum absolute atomic E-state index is 14.3. The third kappa shape index (κ3) is 16.1. The van der Waals surface area contributed by atoms with Crippen molar-refractivity contribution in [3.05, 3.63) is 142 Å². The van der Waals surface area contributed by atoms with Crippen molar-refractivity contribution < 1.29 is 66.3 Å². The van der Waals surface area contributed by atoms with Crippen LogP contribution in [0.5, 0.6) is 11.5 Å². The van der Waals surface area contributed by atoms with E-state index in [4.69, 9.17) is 39.0 Å². The number of nitrogens with one attached hydrogen (secondary N) is 2. The molecule has 0 amide bonds. The number of aliphatic imine (C=N–C) groups is 4. The smallest absolute Gasteiger partial charge is 0.456 e. The highest BCUT2D eigenvalue weighted by Gasteiger charge is 2.43. The second kappa shape index (κ2) is 28.0. The lowest BCUT2D eigenvalue weighted by molar-refractivity contribution is -0.396. The van der Waals surface area contributed by atoms with Crippen molar-refractivity contribution in [2.24, 2.45) is 45.5 Å². The van der Waals surface area contributed by atoms with Gasteiger partial charge in [0.05, 0.1) is 60.8 Å². The van der Waals surface area contributed by atoms with Crippen molar-refractivity contribution in [2.45, 2.75) is 85.4 Å². The van der Waals surface area contributed by atoms with Crippen molar-refractivity contribution in [1.82, 2.24) is 39.1 Å². The van der Waals surface area contributed by atoms with E-state index in [-0.39, 0.29) is 72.0 Å². The molecule has 86 heavy (non-hydrogen) atoms. The standard InChI is InChI=1S/C27H31N8O8PS.C23H29N8O8PS/c1-16(25(37)41-13-19-12-29-27(33(19)3)35(38)39)32-44(40,43-22-10-6-8-18-7-4-5-9-20(18)22)42-14-23-21(36)11-24(45-23)34-15-30-26(28)31-17(34)2;1-14(21(33)37-11-16-10-25-23(29(16)3)31(34)35)28-40(36,39-17-7-5-4-6-8-17)38-12-19-18(32)9-20(41-19)30-13-26-22(24)27-15(30)2/h4-10,12,15-16,21,23-24,36H,2,11,13-14H2,1,3H3,(H2,28,31)(H,32,40);4-8,10,13-14,18-20,32H,2,9,11-12H2,1,3H3,(H2,24,27)(H,28,36)/t16-,21+,23+,24+,44?;14-,18+,19+,20+,40?/m00/s1. The van der Waals surface area contributed by atoms with Gasteiger partial charge in [0.25, 0.3) is 0 Å². The molecule has 0 bridgehead atoms. The Hall–Kier alpha value is -8.04. The number of aliphatic hydroxyl groups excluding tert-OH is 2. The van der Waals surface area contributed by atoms with Crippen LogP contribution in [0, 0.1) is 20.2 Å². The zero-order valence-electron chi connectivity index (χ0n) is 46.4. The summed E-state index contributed by atoms with van der Waals surface area (Å²) in [4.78, 5) is 73.2. The first-order chi connectivity index (χ1) is 40.9. The third-order valence-corrected chi connectivity index (χ3v) is 19.4. The molecular formula is C50H60N16O16P2S2. The number of aliphatic hydroxyl groups is 2. The molecule has 2 aromatic heterocycles. The van der Waals surface area contributed by atoms with E-state index < -0.39 is 84.0 Å². The van der Waals surface area contributed by atoms with E-state index in [9.17, 15) is 49.2 Å². The van der Waals surface area contributed by atoms with Crippen LogP contribution in [0.3, 0.4) is 0 Å². The molecule has 5 aromatic rings. The van der Waals surface area contributed by atoms with Gasteiger partial charge in [-0.1, -0.05) is 77.7 Å². The lowest BCUT2D eigenvalue weighted by Gasteiger charge is -2.27. The number of guanidine groups is 2. The molecule has 0 radical (unpaired) electrons. The van der Waals surface area contributed by atoms with Gasteiger partial charge in [0.2, 0.25) is 11.9 Å². The number of hydrogen-bond acceptors (Lipinski definition) is 28. The zero-order valence-corrected chi connectivity index (χ0v) is 49.8. The summed E-state index contributed by atoms with van der Waals surface area (Å²) in [5.74, 6) is -1.07. The van der Waals surface area contributed by atoms with E-state index in [1.54, 1.807) is 64.4 Å². The summed E-state index contributed by atoms with van der Waals surface area (Å²) in [7, 11) is -5.65. The fraction of sp³-hybridized carbons (Fsp3) is 0.360. The van der Waals surface area contributed by atoms with Crippen LogP contribution >= 0.6 is 39.0 Å². The maximum Gasteiger partial charge on any atom is 0.459 e. The second-order valence-corrected chi connectivity index (χ2v) is 25.4. The Morgan fingerprint density at radius 1 is 0.709 bits per heavy atom. The predicted octanol–water partition coefficient (Wildman–Crippen LogP) is 4.90. The number of benzene rings is 3. The molecule has 9 rings (SSSR count). The molecule has 2 fully saturated rings. The molecule has 10 atom stereocenters. The summed E-state index contributed by atoms with van der Waals surface area (Å²) in [5.41, 5.74) is 11.8. The van der Waals surface area contributed by atoms with Crippen molar-refractivity contribution in [2.75, 3.05) is 13.2 Å². The van der Waals surface area contributed by atoms with Gasteiger partial charge < -0.3 is 70.2 Å². The van der Waals surface area contributed by atoms with Gasteiger partial charge in [-0.05, 0) is 47.3 Å². The lowest BCUT2D eigenvalue weighted by atomic mass is 10.1. The molecule has 4 aliphatic rings. The Balaban J connectivity index is 0.000000225. The number of esters is 2. The fourth-order valence-electron chi connectivity index (χ4n) is 8.51. The SMILES string of the molecule is C=C1N=C(N)N=CN1[C@H]1C[C@@H](O)[C@@H](COP(=O)(N[C@@H](C)C(=O)OCc2cnc([N+](=O)[O-])n2C)Oc2cccc3ccccc23)S1.C=C1N=C(N)N=CN1[C@H]1C[C@@H](O)[C@@H](COP(=O)(N[C@@H](C)C(=O)OCc2cnc([N+](=O)[O-])n2C)Oc2ccccc2)S1. The fourth-order valence-corrected chi connectivity index (χ4v) is 14.7. The van der Waals surface area contributed by atoms with Crippen LogP contribution in [0.1, 0.15) is 38.1 Å². The number of imidazole rings is 2. The van der Waals surface area contributed by atoms with Crippen LogP contribution in [0.4, 0.5) is 11.9 Å². The van der Waals surface area contributed by atoms with Crippen LogP contribution in [0.25, 0.3) is 10.8 Å². The molecular weight excluding hydrogens is 1210 g/mol. The number of thioether (sulfide) groups is 2. The van der Waals surface area contributed by atoms with Crippen LogP contribution in [0.15, 0.2) is 130 Å². The van der Waals surface area contributed by atoms with Gasteiger partial charge in [-0.15, -0.1) is 23.5 Å². The van der Waals surface area contributed by atoms with Gasteiger partial charge >= 0.3 is 39.3 Å². The number of nitrogens with zero attached hydrogens (tertiary/aromatic N) is 12. The van der Waals surface area contributed by atoms with Gasteiger partial charge in [0, 0.05) is 18.2 Å². The van der Waals surface area contributed by atoms with Crippen molar-refractivity contribution in [1.29, 1.82) is 0 Å². The first-order valence-corrected chi connectivity index (χ1v) is 30.8. The van der Waals surface area contributed by atoms with E-state index in [1.807, 2.05) is 18.2 Å². The third-order valence-electron chi connectivity index (χ3n) is 13.1. The minimum atomic E-state index is -4.30. The molecule has 32 nitrogen and oxygen atoms in total. The average Bonchev–Trinajstić information content (AvgIpc) is 2.55. The molecule has 6 heterocycles. The Morgan fingerprint density at radius 2 is 1.15 bits per heavy atom. The molecule has 3 aromatic carbocycles. The number of carbonyl (C=O) groups excluding carboxylic acids is 2. The molecule has 0 aliphatic carbocycles. The molecule has 2 unspecified atom stereocenters. The summed E-state index contributed by atoms with van der Waals surface area (Å²) in [6.07, 6.45) is 4.39. The number of hydrogen-bond donors (Lipinski definition) is 6. The number of para-hydroxylation sites is 1. The van der Waals surface area contributed by atoms with Gasteiger partial charge in [-0.2, -0.15) is 20.2 Å².